The maximum atomic E-state index is 13.2. The van der Waals surface area contributed by atoms with Gasteiger partial charge >= 0.3 is 0 Å². The SMILES string of the molecule is O=C(NCc1cccnc1)c1cc(Nc2ccc(F)cc2)nc(-c2ccccc2)n1. The third-order valence-corrected chi connectivity index (χ3v) is 4.28. The molecule has 2 aromatic carbocycles. The van der Waals surface area contributed by atoms with Crippen LogP contribution in [0.3, 0.4) is 0 Å². The highest BCUT2D eigenvalue weighted by Crippen LogP contribution is 2.21. The zero-order valence-electron chi connectivity index (χ0n) is 15.9. The van der Waals surface area contributed by atoms with Gasteiger partial charge in [-0.25, -0.2) is 14.4 Å². The summed E-state index contributed by atoms with van der Waals surface area (Å²) < 4.78 is 13.2. The summed E-state index contributed by atoms with van der Waals surface area (Å²) in [4.78, 5) is 25.7. The van der Waals surface area contributed by atoms with Crippen LogP contribution in [0.4, 0.5) is 15.9 Å². The third kappa shape index (κ3) is 4.82. The van der Waals surface area contributed by atoms with Crippen LogP contribution >= 0.6 is 0 Å². The summed E-state index contributed by atoms with van der Waals surface area (Å²) in [7, 11) is 0. The predicted molar refractivity (Wildman–Crippen MR) is 113 cm³/mol. The lowest BCUT2D eigenvalue weighted by Crippen LogP contribution is -2.24. The fraction of sp³-hybridized carbons (Fsp3) is 0.0435. The van der Waals surface area contributed by atoms with Crippen molar-refractivity contribution in [1.29, 1.82) is 0 Å². The van der Waals surface area contributed by atoms with Crippen LogP contribution < -0.4 is 10.6 Å². The lowest BCUT2D eigenvalue weighted by atomic mass is 10.2. The Hall–Kier alpha value is -4.13. The monoisotopic (exact) mass is 399 g/mol. The van der Waals surface area contributed by atoms with Gasteiger partial charge in [-0.2, -0.15) is 0 Å². The number of aromatic nitrogens is 3. The van der Waals surface area contributed by atoms with Crippen molar-refractivity contribution in [3.05, 3.63) is 102 Å². The minimum Gasteiger partial charge on any atom is -0.347 e. The zero-order chi connectivity index (χ0) is 20.8. The van der Waals surface area contributed by atoms with E-state index in [1.54, 1.807) is 30.6 Å². The van der Waals surface area contributed by atoms with Gasteiger partial charge in [0.2, 0.25) is 0 Å². The number of amides is 1. The van der Waals surface area contributed by atoms with Gasteiger partial charge in [0.25, 0.3) is 5.91 Å². The van der Waals surface area contributed by atoms with E-state index in [-0.39, 0.29) is 17.4 Å². The topological polar surface area (TPSA) is 79.8 Å². The molecule has 2 aromatic heterocycles. The van der Waals surface area contributed by atoms with Crippen LogP contribution in [0, 0.1) is 5.82 Å². The Labute approximate surface area is 172 Å². The lowest BCUT2D eigenvalue weighted by Gasteiger charge is -2.11. The molecule has 2 heterocycles. The average Bonchev–Trinajstić information content (AvgIpc) is 2.80. The normalized spacial score (nSPS) is 10.4. The van der Waals surface area contributed by atoms with E-state index < -0.39 is 0 Å². The summed E-state index contributed by atoms with van der Waals surface area (Å²) in [5, 5.41) is 5.95. The number of anilines is 2. The number of hydrogen-bond donors (Lipinski definition) is 2. The molecular formula is C23H18FN5O. The van der Waals surface area contributed by atoms with Gasteiger partial charge in [0.1, 0.15) is 17.3 Å². The van der Waals surface area contributed by atoms with Gasteiger partial charge in [0.15, 0.2) is 5.82 Å². The number of nitrogens with zero attached hydrogens (tertiary/aromatic N) is 3. The Balaban J connectivity index is 1.62. The molecule has 0 saturated carbocycles. The number of hydrogen-bond acceptors (Lipinski definition) is 5. The summed E-state index contributed by atoms with van der Waals surface area (Å²) >= 11 is 0. The average molecular weight is 399 g/mol. The quantitative estimate of drug-likeness (QED) is 0.504. The molecule has 0 aliphatic heterocycles. The molecule has 7 heteroatoms. The number of carbonyl (C=O) groups is 1. The first-order valence-electron chi connectivity index (χ1n) is 9.31. The van der Waals surface area contributed by atoms with E-state index in [0.29, 0.717) is 23.9 Å². The largest absolute Gasteiger partial charge is 0.347 e. The van der Waals surface area contributed by atoms with Crippen molar-refractivity contribution in [2.45, 2.75) is 6.54 Å². The Morgan fingerprint density at radius 1 is 0.933 bits per heavy atom. The molecule has 30 heavy (non-hydrogen) atoms. The fourth-order valence-electron chi connectivity index (χ4n) is 2.80. The molecule has 0 fully saturated rings. The van der Waals surface area contributed by atoms with Crippen LogP contribution in [-0.2, 0) is 6.54 Å². The highest BCUT2D eigenvalue weighted by molar-refractivity contribution is 5.93. The molecule has 0 aliphatic carbocycles. The van der Waals surface area contributed by atoms with Gasteiger partial charge in [0, 0.05) is 36.3 Å². The number of pyridine rings is 1. The molecule has 148 valence electrons. The summed E-state index contributed by atoms with van der Waals surface area (Å²) in [6.45, 7) is 0.331. The van der Waals surface area contributed by atoms with Crippen LogP contribution in [0.2, 0.25) is 0 Å². The Kier molecular flexibility index (Phi) is 5.70. The minimum atomic E-state index is -0.333. The fourth-order valence-corrected chi connectivity index (χ4v) is 2.80. The minimum absolute atomic E-state index is 0.220. The van der Waals surface area contributed by atoms with Gasteiger partial charge in [-0.05, 0) is 35.9 Å². The molecule has 4 rings (SSSR count). The smallest absolute Gasteiger partial charge is 0.270 e. The van der Waals surface area contributed by atoms with E-state index >= 15 is 0 Å². The van der Waals surface area contributed by atoms with E-state index in [4.69, 9.17) is 0 Å². The van der Waals surface area contributed by atoms with Crippen LogP contribution in [0.5, 0.6) is 0 Å². The highest BCUT2D eigenvalue weighted by Gasteiger charge is 2.13. The van der Waals surface area contributed by atoms with Crippen molar-refractivity contribution in [1.82, 2.24) is 20.3 Å². The van der Waals surface area contributed by atoms with Crippen LogP contribution in [0.25, 0.3) is 11.4 Å². The van der Waals surface area contributed by atoms with Crippen LogP contribution in [-0.4, -0.2) is 20.9 Å². The van der Waals surface area contributed by atoms with Crippen molar-refractivity contribution in [2.24, 2.45) is 0 Å². The van der Waals surface area contributed by atoms with E-state index in [2.05, 4.69) is 25.6 Å². The molecule has 2 N–H and O–H groups in total. The number of nitrogens with one attached hydrogen (secondary N) is 2. The molecule has 4 aromatic rings. The molecule has 0 aliphatic rings. The molecule has 0 unspecified atom stereocenters. The van der Waals surface area contributed by atoms with E-state index in [0.717, 1.165) is 11.1 Å². The van der Waals surface area contributed by atoms with Crippen molar-refractivity contribution in [3.63, 3.8) is 0 Å². The van der Waals surface area contributed by atoms with Crippen LogP contribution in [0.15, 0.2) is 85.2 Å². The molecule has 6 nitrogen and oxygen atoms in total. The number of rotatable bonds is 6. The lowest BCUT2D eigenvalue weighted by molar-refractivity contribution is 0.0946. The van der Waals surface area contributed by atoms with Gasteiger partial charge in [-0.3, -0.25) is 9.78 Å². The van der Waals surface area contributed by atoms with Crippen molar-refractivity contribution >= 4 is 17.4 Å². The first-order chi connectivity index (χ1) is 14.7. The van der Waals surface area contributed by atoms with Gasteiger partial charge in [-0.1, -0.05) is 36.4 Å². The third-order valence-electron chi connectivity index (χ3n) is 4.28. The number of benzene rings is 2. The second-order valence-electron chi connectivity index (χ2n) is 6.50. The standard InChI is InChI=1S/C23H18FN5O/c24-18-8-10-19(11-9-18)27-21-13-20(23(30)26-15-16-5-4-12-25-14-16)28-22(29-21)17-6-2-1-3-7-17/h1-14H,15H2,(H,26,30)(H,27,28,29). The van der Waals surface area contributed by atoms with Crippen molar-refractivity contribution < 1.29 is 9.18 Å². The highest BCUT2D eigenvalue weighted by atomic mass is 19.1. The maximum Gasteiger partial charge on any atom is 0.270 e. The van der Waals surface area contributed by atoms with E-state index in [1.807, 2.05) is 42.5 Å². The van der Waals surface area contributed by atoms with E-state index in [1.165, 1.54) is 12.1 Å². The first kappa shape index (κ1) is 19.2. The van der Waals surface area contributed by atoms with Gasteiger partial charge < -0.3 is 10.6 Å². The maximum absolute atomic E-state index is 13.2. The summed E-state index contributed by atoms with van der Waals surface area (Å²) in [6.07, 6.45) is 3.37. The van der Waals surface area contributed by atoms with Gasteiger partial charge in [0.05, 0.1) is 0 Å². The summed E-state index contributed by atoms with van der Waals surface area (Å²) in [6, 6.07) is 20.5. The van der Waals surface area contributed by atoms with Crippen LogP contribution in [0.1, 0.15) is 16.1 Å². The molecular weight excluding hydrogens is 381 g/mol. The molecule has 0 atom stereocenters. The number of halogens is 1. The second kappa shape index (κ2) is 8.91. The summed E-state index contributed by atoms with van der Waals surface area (Å²) in [5.74, 6) is 0.181. The Morgan fingerprint density at radius 2 is 1.73 bits per heavy atom. The molecule has 0 bridgehead atoms. The first-order valence-corrected chi connectivity index (χ1v) is 9.31. The van der Waals surface area contributed by atoms with E-state index in [9.17, 15) is 9.18 Å². The Bertz CT molecular complexity index is 1140. The zero-order valence-corrected chi connectivity index (χ0v) is 15.9. The molecule has 0 saturated heterocycles. The molecule has 0 radical (unpaired) electrons. The molecule has 0 spiro atoms. The number of carbonyl (C=O) groups excluding carboxylic acids is 1. The Morgan fingerprint density at radius 3 is 2.47 bits per heavy atom. The second-order valence-corrected chi connectivity index (χ2v) is 6.50. The van der Waals surface area contributed by atoms with Crippen molar-refractivity contribution in [2.75, 3.05) is 5.32 Å². The predicted octanol–water partition coefficient (Wildman–Crippen LogP) is 4.35. The van der Waals surface area contributed by atoms with Crippen molar-refractivity contribution in [3.8, 4) is 11.4 Å². The summed E-state index contributed by atoms with van der Waals surface area (Å²) in [5.41, 5.74) is 2.53. The molecule has 1 amide bonds. The van der Waals surface area contributed by atoms with Gasteiger partial charge in [-0.15, -0.1) is 0 Å².